The molecule has 12 heterocycles. The molecule has 119 heavy (non-hydrogen) atoms. The van der Waals surface area contributed by atoms with Gasteiger partial charge < -0.3 is 4.57 Å². The van der Waals surface area contributed by atoms with Gasteiger partial charge in [0.25, 0.3) is 0 Å². The third kappa shape index (κ3) is 12.8. The van der Waals surface area contributed by atoms with Gasteiger partial charge in [-0.25, -0.2) is 34.9 Å². The zero-order chi connectivity index (χ0) is 78.7. The highest BCUT2D eigenvalue weighted by atomic mass is 32.1. The second-order valence-electron chi connectivity index (χ2n) is 29.2. The van der Waals surface area contributed by atoms with Crippen molar-refractivity contribution in [2.45, 2.75) is 0 Å². The second-order valence-corrected chi connectivity index (χ2v) is 31.3. The van der Waals surface area contributed by atoms with Crippen molar-refractivity contribution in [1.29, 1.82) is 0 Å². The van der Waals surface area contributed by atoms with Crippen LogP contribution in [0, 0.1) is 0 Å². The monoisotopic (exact) mass is 1560 g/mol. The van der Waals surface area contributed by atoms with E-state index in [0.717, 1.165) is 181 Å². The van der Waals surface area contributed by atoms with Crippen LogP contribution in [-0.2, 0) is 0 Å². The Morgan fingerprint density at radius 1 is 0.235 bits per heavy atom. The smallest absolute Gasteiger partial charge is 0.164 e. The van der Waals surface area contributed by atoms with Gasteiger partial charge in [0, 0.05) is 169 Å². The molecule has 14 heteroatoms. The number of rotatable bonds is 13. The first-order valence-electron chi connectivity index (χ1n) is 39.3. The van der Waals surface area contributed by atoms with Crippen LogP contribution in [0.25, 0.3) is 225 Å². The molecule has 23 aromatic rings. The highest BCUT2D eigenvalue weighted by Gasteiger charge is 2.27. The molecule has 0 radical (unpaired) electrons. The molecule has 0 bridgehead atoms. The number of pyridine rings is 8. The molecule has 0 fully saturated rings. The van der Waals surface area contributed by atoms with Crippen LogP contribution in [0.5, 0.6) is 0 Å². The van der Waals surface area contributed by atoms with Crippen LogP contribution >= 0.6 is 22.7 Å². The molecule has 556 valence electrons. The van der Waals surface area contributed by atoms with Crippen LogP contribution in [0.1, 0.15) is 0 Å². The molecule has 0 aliphatic rings. The molecule has 12 aromatic heterocycles. The van der Waals surface area contributed by atoms with Crippen LogP contribution in [0.2, 0.25) is 0 Å². The van der Waals surface area contributed by atoms with Crippen molar-refractivity contribution >= 4 is 108 Å². The molecule has 23 rings (SSSR count). The average molecular weight is 1560 g/mol. The minimum Gasteiger partial charge on any atom is -0.309 e. The van der Waals surface area contributed by atoms with Gasteiger partial charge in [0.2, 0.25) is 0 Å². The molecule has 12 nitrogen and oxygen atoms in total. The Hall–Kier alpha value is -15.6. The first-order chi connectivity index (χ1) is 59.0. The summed E-state index contributed by atoms with van der Waals surface area (Å²) >= 11 is 3.54. The number of benzene rings is 11. The quantitative estimate of drug-likeness (QED) is 0.102. The minimum absolute atomic E-state index is 0.600. The molecule has 11 aromatic carbocycles. The van der Waals surface area contributed by atoms with E-state index in [1.165, 1.54) is 26.6 Å². The molecule has 0 amide bonds. The van der Waals surface area contributed by atoms with Crippen LogP contribution in [0.3, 0.4) is 0 Å². The van der Waals surface area contributed by atoms with Crippen molar-refractivity contribution < 1.29 is 0 Å². The summed E-state index contributed by atoms with van der Waals surface area (Å²) in [4.78, 5) is 56.6. The fourth-order valence-corrected chi connectivity index (χ4v) is 19.2. The summed E-state index contributed by atoms with van der Waals surface area (Å²) in [6, 6.07) is 118. The zero-order valence-corrected chi connectivity index (χ0v) is 65.3. The summed E-state index contributed by atoms with van der Waals surface area (Å²) in [6.45, 7) is 0. The van der Waals surface area contributed by atoms with Gasteiger partial charge in [-0.2, -0.15) is 0 Å². The standard InChI is InChI=1S/C60H37N7S.C45H27N5S/c1-3-14-39(15-4-1)55-57-54(53(44-19-12-32-61-36-44)56(68-57)45-20-13-33-62-37-45)49-35-42(30-31-50(49)63-55)38-26-28-41(29-27-38)59-64-58(40-16-5-2-6-17-40)65-60(66-59)43-18-11-21-46(34-43)67-51-24-9-7-22-47(51)48-23-8-10-25-52(48)67;1-3-7-28(8-4-1)36-16-13-31-11-12-32-14-17-37(49-42(32)41(31)48-36)34-15-18-38-35(27-34)40-39(29-19-23-46-24-20-29)44(33-21-25-47-26-22-33)51-45(40)43(50-38)30-9-5-2-6-10-30/h1-37H;1-27H. The first-order valence-corrected chi connectivity index (χ1v) is 40.9. The molecule has 0 saturated heterocycles. The molecule has 0 aliphatic heterocycles. The number of fused-ring (bicyclic) bond motifs is 12. The number of hydrogen-bond acceptors (Lipinski definition) is 13. The lowest BCUT2D eigenvalue weighted by Gasteiger charge is -2.12. The van der Waals surface area contributed by atoms with Crippen LogP contribution in [0.4, 0.5) is 0 Å². The van der Waals surface area contributed by atoms with E-state index in [9.17, 15) is 0 Å². The molecule has 0 N–H and O–H groups in total. The van der Waals surface area contributed by atoms with Crippen molar-refractivity contribution in [1.82, 2.24) is 59.4 Å². The van der Waals surface area contributed by atoms with E-state index in [0.29, 0.717) is 17.5 Å². The van der Waals surface area contributed by atoms with Crippen molar-refractivity contribution in [3.63, 3.8) is 0 Å². The molecule has 0 atom stereocenters. The molecular formula is C105H64N12S2. The van der Waals surface area contributed by atoms with Crippen LogP contribution < -0.4 is 0 Å². The van der Waals surface area contributed by atoms with Crippen LogP contribution in [0.15, 0.2) is 389 Å². The Bertz CT molecular complexity index is 7760. The normalized spacial score (nSPS) is 11.5. The summed E-state index contributed by atoms with van der Waals surface area (Å²) < 4.78 is 4.58. The fraction of sp³-hybridized carbons (Fsp3) is 0. The summed E-state index contributed by atoms with van der Waals surface area (Å²) in [5.41, 5.74) is 26.5. The van der Waals surface area contributed by atoms with Gasteiger partial charge in [-0.05, 0) is 119 Å². The molecule has 0 aliphatic carbocycles. The maximum absolute atomic E-state index is 5.37. The van der Waals surface area contributed by atoms with Crippen molar-refractivity contribution in [3.05, 3.63) is 389 Å². The highest BCUT2D eigenvalue weighted by Crippen LogP contribution is 2.53. The SMILES string of the molecule is c1ccc(-c2ccc3ccc4ccc(-c5ccc6nc(-c7ccccc7)c7sc(-c8ccncc8)c(-c8ccncc8)c7c6c5)nc4c3n2)cc1.c1ccc(-c2nc(-c3ccc(-c4ccc5nc(-c6ccccc6)c6sc(-c7cccnc7)c(-c7cccnc7)c6c5c4)cc3)nc(-c3cccc(-n4c5ccccc5c5ccccc54)c3)n2)cc1. The summed E-state index contributed by atoms with van der Waals surface area (Å²) in [5.74, 6) is 1.82. The molecular weight excluding hydrogens is 1490 g/mol. The Morgan fingerprint density at radius 3 is 1.21 bits per heavy atom. The topological polar surface area (TPSA) is 147 Å². The van der Waals surface area contributed by atoms with Crippen LogP contribution in [-0.4, -0.2) is 59.4 Å². The lowest BCUT2D eigenvalue weighted by Crippen LogP contribution is -2.01. The third-order valence-electron chi connectivity index (χ3n) is 22.1. The minimum atomic E-state index is 0.600. The van der Waals surface area contributed by atoms with E-state index in [1.54, 1.807) is 22.7 Å². The molecule has 0 unspecified atom stereocenters. The Morgan fingerprint density at radius 2 is 0.655 bits per heavy atom. The van der Waals surface area contributed by atoms with Gasteiger partial charge in [0.05, 0.1) is 65.3 Å². The zero-order valence-electron chi connectivity index (χ0n) is 63.6. The largest absolute Gasteiger partial charge is 0.309 e. The predicted molar refractivity (Wildman–Crippen MR) is 489 cm³/mol. The molecule has 0 saturated carbocycles. The lowest BCUT2D eigenvalue weighted by molar-refractivity contribution is 1.07. The lowest BCUT2D eigenvalue weighted by atomic mass is 9.94. The maximum atomic E-state index is 5.37. The van der Waals surface area contributed by atoms with E-state index >= 15 is 0 Å². The van der Waals surface area contributed by atoms with Gasteiger partial charge in [-0.15, -0.1) is 22.7 Å². The highest BCUT2D eigenvalue weighted by molar-refractivity contribution is 7.24. The Labute approximate surface area is 691 Å². The first kappa shape index (κ1) is 70.1. The van der Waals surface area contributed by atoms with Crippen molar-refractivity contribution in [2.24, 2.45) is 0 Å². The number of nitrogens with zero attached hydrogens (tertiary/aromatic N) is 12. The third-order valence-corrected chi connectivity index (χ3v) is 24.6. The maximum Gasteiger partial charge on any atom is 0.164 e. The summed E-state index contributed by atoms with van der Waals surface area (Å²) in [5, 5.41) is 9.02. The average Bonchev–Trinajstić information content (AvgIpc) is 1.60. The van der Waals surface area contributed by atoms with Crippen molar-refractivity contribution in [2.75, 3.05) is 0 Å². The molecule has 0 spiro atoms. The number of aromatic nitrogens is 12. The number of thiophene rings is 2. The number of para-hydroxylation sites is 2. The van der Waals surface area contributed by atoms with E-state index in [1.807, 2.05) is 122 Å². The fourth-order valence-electron chi connectivity index (χ4n) is 16.5. The Balaban J connectivity index is 0.000000149. The van der Waals surface area contributed by atoms with Gasteiger partial charge in [-0.3, -0.25) is 19.9 Å². The van der Waals surface area contributed by atoms with Gasteiger partial charge >= 0.3 is 0 Å². The Kier molecular flexibility index (Phi) is 17.6. The van der Waals surface area contributed by atoms with Gasteiger partial charge in [0.1, 0.15) is 0 Å². The van der Waals surface area contributed by atoms with Gasteiger partial charge in [-0.1, -0.05) is 243 Å². The van der Waals surface area contributed by atoms with Crippen molar-refractivity contribution in [3.8, 4) is 139 Å². The van der Waals surface area contributed by atoms with E-state index < -0.39 is 0 Å². The number of hydrogen-bond donors (Lipinski definition) is 0. The summed E-state index contributed by atoms with van der Waals surface area (Å²) in [7, 11) is 0. The summed E-state index contributed by atoms with van der Waals surface area (Å²) in [6.07, 6.45) is 15.0. The van der Waals surface area contributed by atoms with E-state index in [-0.39, 0.29) is 0 Å². The van der Waals surface area contributed by atoms with E-state index in [2.05, 4.69) is 291 Å². The predicted octanol–water partition coefficient (Wildman–Crippen LogP) is 26.9. The van der Waals surface area contributed by atoms with Gasteiger partial charge in [0.15, 0.2) is 17.5 Å². The second kappa shape index (κ2) is 30.0. The van der Waals surface area contributed by atoms with E-state index in [4.69, 9.17) is 34.9 Å².